The van der Waals surface area contributed by atoms with Gasteiger partial charge < -0.3 is 4.42 Å². The van der Waals surface area contributed by atoms with Crippen LogP contribution in [-0.2, 0) is 0 Å². The van der Waals surface area contributed by atoms with Gasteiger partial charge in [0.15, 0.2) is 0 Å². The second-order valence-electron chi connectivity index (χ2n) is 4.05. The number of allylic oxidation sites excluding steroid dienone is 1. The van der Waals surface area contributed by atoms with Crippen LogP contribution in [0.15, 0.2) is 46.5 Å². The highest BCUT2D eigenvalue weighted by Gasteiger charge is 2.11. The summed E-state index contributed by atoms with van der Waals surface area (Å²) in [5, 5.41) is 21.2. The van der Waals surface area contributed by atoms with E-state index in [1.807, 2.05) is 0 Å². The number of nitro benzene ring substituents is 1. The third-order valence-corrected chi connectivity index (χ3v) is 2.61. The normalized spacial score (nSPS) is 11.3. The predicted octanol–water partition coefficient (Wildman–Crippen LogP) is 3.49. The maximum absolute atomic E-state index is 10.7. The predicted molar refractivity (Wildman–Crippen MR) is 71.4 cm³/mol. The third-order valence-electron chi connectivity index (χ3n) is 2.61. The summed E-state index contributed by atoms with van der Waals surface area (Å²) in [6.45, 7) is 1.36. The molecule has 0 atom stereocenters. The van der Waals surface area contributed by atoms with Gasteiger partial charge in [-0.2, -0.15) is 0 Å². The topological polar surface area (TPSA) is 99.4 Å². The van der Waals surface area contributed by atoms with E-state index in [1.165, 1.54) is 25.1 Å². The molecule has 102 valence electrons. The van der Waals surface area contributed by atoms with Gasteiger partial charge in [-0.3, -0.25) is 20.2 Å². The second kappa shape index (κ2) is 5.35. The van der Waals surface area contributed by atoms with Crippen LogP contribution >= 0.6 is 0 Å². The molecule has 2 aromatic rings. The van der Waals surface area contributed by atoms with Crippen molar-refractivity contribution >= 4 is 11.8 Å². The van der Waals surface area contributed by atoms with E-state index in [2.05, 4.69) is 0 Å². The summed E-state index contributed by atoms with van der Waals surface area (Å²) in [5.74, 6) is 0.733. The first-order valence-corrected chi connectivity index (χ1v) is 5.65. The second-order valence-corrected chi connectivity index (χ2v) is 4.05. The van der Waals surface area contributed by atoms with E-state index >= 15 is 0 Å². The van der Waals surface area contributed by atoms with Crippen LogP contribution in [0.1, 0.15) is 12.7 Å². The summed E-state index contributed by atoms with van der Waals surface area (Å²) in [6.07, 6.45) is 1.29. The van der Waals surface area contributed by atoms with Gasteiger partial charge in [-0.25, -0.2) is 0 Å². The highest BCUT2D eigenvalue weighted by molar-refractivity contribution is 5.62. The van der Waals surface area contributed by atoms with Gasteiger partial charge in [0.05, 0.1) is 15.9 Å². The number of nitrogens with zero attached hydrogens (tertiary/aromatic N) is 2. The molecule has 1 aromatic heterocycles. The molecule has 0 spiro atoms. The van der Waals surface area contributed by atoms with Crippen molar-refractivity contribution in [2.24, 2.45) is 0 Å². The van der Waals surface area contributed by atoms with Crippen molar-refractivity contribution in [2.75, 3.05) is 0 Å². The number of furan rings is 1. The molecule has 1 heterocycles. The lowest BCUT2D eigenvalue weighted by atomic mass is 10.1. The van der Waals surface area contributed by atoms with Gasteiger partial charge >= 0.3 is 0 Å². The molecule has 0 N–H and O–H groups in total. The molecule has 0 unspecified atom stereocenters. The monoisotopic (exact) mass is 274 g/mol. The Morgan fingerprint density at radius 2 is 1.95 bits per heavy atom. The van der Waals surface area contributed by atoms with Gasteiger partial charge in [-0.15, -0.1) is 0 Å². The fourth-order valence-electron chi connectivity index (χ4n) is 1.62. The van der Waals surface area contributed by atoms with Crippen molar-refractivity contribution in [3.8, 4) is 11.3 Å². The van der Waals surface area contributed by atoms with Crippen LogP contribution in [0.2, 0.25) is 0 Å². The van der Waals surface area contributed by atoms with Crippen molar-refractivity contribution < 1.29 is 14.3 Å². The maximum Gasteiger partial charge on any atom is 0.270 e. The van der Waals surface area contributed by atoms with Crippen LogP contribution in [0.5, 0.6) is 0 Å². The Morgan fingerprint density at radius 3 is 2.60 bits per heavy atom. The van der Waals surface area contributed by atoms with Crippen LogP contribution in [0, 0.1) is 20.2 Å². The van der Waals surface area contributed by atoms with Crippen LogP contribution in [-0.4, -0.2) is 9.85 Å². The zero-order valence-electron chi connectivity index (χ0n) is 10.5. The van der Waals surface area contributed by atoms with Crippen LogP contribution < -0.4 is 0 Å². The number of non-ortho nitro benzene ring substituents is 1. The molecule has 1 aromatic carbocycles. The minimum Gasteiger partial charge on any atom is -0.456 e. The molecular formula is C13H10N2O5. The maximum atomic E-state index is 10.7. The van der Waals surface area contributed by atoms with Crippen LogP contribution in [0.3, 0.4) is 0 Å². The van der Waals surface area contributed by atoms with Crippen LogP contribution in [0.4, 0.5) is 5.69 Å². The van der Waals surface area contributed by atoms with Gasteiger partial charge in [0.25, 0.3) is 5.69 Å². The Bertz CT molecular complexity index is 702. The highest BCUT2D eigenvalue weighted by Crippen LogP contribution is 2.26. The van der Waals surface area contributed by atoms with E-state index in [4.69, 9.17) is 4.42 Å². The van der Waals surface area contributed by atoms with Gasteiger partial charge in [-0.05, 0) is 12.1 Å². The molecular weight excluding hydrogens is 264 g/mol. The quantitative estimate of drug-likeness (QED) is 0.627. The number of rotatable bonds is 4. The van der Waals surface area contributed by atoms with E-state index in [0.717, 1.165) is 0 Å². The first-order valence-electron chi connectivity index (χ1n) is 5.65. The Balaban J connectivity index is 2.34. The van der Waals surface area contributed by atoms with Crippen molar-refractivity contribution in [1.82, 2.24) is 0 Å². The fraction of sp³-hybridized carbons (Fsp3) is 0.0769. The number of hydrogen-bond donors (Lipinski definition) is 0. The number of nitro groups is 2. The summed E-state index contributed by atoms with van der Waals surface area (Å²) < 4.78 is 5.42. The molecule has 0 aliphatic heterocycles. The molecule has 2 rings (SSSR count). The summed E-state index contributed by atoms with van der Waals surface area (Å²) in [6, 6.07) is 9.16. The standard InChI is InChI=1S/C13H10N2O5/c1-9(14(16)17)7-12-5-6-13(20-12)10-3-2-4-11(8-10)15(18)19/h2-8H,1H3/b9-7+. The lowest BCUT2D eigenvalue weighted by molar-refractivity contribution is -0.422. The zero-order valence-corrected chi connectivity index (χ0v) is 10.5. The summed E-state index contributed by atoms with van der Waals surface area (Å²) in [4.78, 5) is 20.2. The fourth-order valence-corrected chi connectivity index (χ4v) is 1.62. The largest absolute Gasteiger partial charge is 0.456 e. The third kappa shape index (κ3) is 2.89. The summed E-state index contributed by atoms with van der Waals surface area (Å²) in [7, 11) is 0. The molecule has 0 aliphatic carbocycles. The Hall–Kier alpha value is -2.96. The van der Waals surface area contributed by atoms with Gasteiger partial charge in [0.2, 0.25) is 5.70 Å². The lowest BCUT2D eigenvalue weighted by Crippen LogP contribution is -1.92. The smallest absolute Gasteiger partial charge is 0.270 e. The molecule has 7 nitrogen and oxygen atoms in total. The van der Waals surface area contributed by atoms with Gasteiger partial charge in [-0.1, -0.05) is 12.1 Å². The molecule has 7 heteroatoms. The first-order chi connectivity index (χ1) is 9.47. The SMILES string of the molecule is C/C(=C\c1ccc(-c2cccc([N+](=O)[O-])c2)o1)[N+](=O)[O-]. The molecule has 20 heavy (non-hydrogen) atoms. The van der Waals surface area contributed by atoms with E-state index < -0.39 is 9.85 Å². The Morgan fingerprint density at radius 1 is 1.20 bits per heavy atom. The zero-order chi connectivity index (χ0) is 14.7. The average molecular weight is 274 g/mol. The first kappa shape index (κ1) is 13.5. The Kier molecular flexibility index (Phi) is 3.60. The van der Waals surface area contributed by atoms with Crippen molar-refractivity contribution in [3.05, 3.63) is 68.1 Å². The van der Waals surface area contributed by atoms with E-state index in [1.54, 1.807) is 24.3 Å². The Labute approximate surface area is 113 Å². The van der Waals surface area contributed by atoms with Crippen molar-refractivity contribution in [1.29, 1.82) is 0 Å². The van der Waals surface area contributed by atoms with Crippen molar-refractivity contribution in [2.45, 2.75) is 6.92 Å². The molecule has 0 radical (unpaired) electrons. The van der Waals surface area contributed by atoms with Gasteiger partial charge in [0.1, 0.15) is 11.5 Å². The minimum absolute atomic E-state index is 0.0440. The number of benzene rings is 1. The van der Waals surface area contributed by atoms with E-state index in [-0.39, 0.29) is 11.4 Å². The molecule has 0 fully saturated rings. The van der Waals surface area contributed by atoms with Crippen molar-refractivity contribution in [3.63, 3.8) is 0 Å². The average Bonchev–Trinajstić information content (AvgIpc) is 2.87. The molecule has 0 saturated heterocycles. The molecule has 0 saturated carbocycles. The van der Waals surface area contributed by atoms with E-state index in [9.17, 15) is 20.2 Å². The minimum atomic E-state index is -0.518. The summed E-state index contributed by atoms with van der Waals surface area (Å²) >= 11 is 0. The van der Waals surface area contributed by atoms with E-state index in [0.29, 0.717) is 17.1 Å². The highest BCUT2D eigenvalue weighted by atomic mass is 16.6. The van der Waals surface area contributed by atoms with Gasteiger partial charge in [0, 0.05) is 24.6 Å². The molecule has 0 amide bonds. The molecule has 0 bridgehead atoms. The molecule has 0 aliphatic rings. The number of hydrogen-bond acceptors (Lipinski definition) is 5. The van der Waals surface area contributed by atoms with Crippen LogP contribution in [0.25, 0.3) is 17.4 Å². The lowest BCUT2D eigenvalue weighted by Gasteiger charge is -1.96. The summed E-state index contributed by atoms with van der Waals surface area (Å²) in [5.41, 5.74) is 0.444.